The number of halogens is 1. The Morgan fingerprint density at radius 3 is 2.62 bits per heavy atom. The predicted octanol–water partition coefficient (Wildman–Crippen LogP) is 2.77. The van der Waals surface area contributed by atoms with Crippen molar-refractivity contribution < 1.29 is 4.79 Å². The summed E-state index contributed by atoms with van der Waals surface area (Å²) in [6, 6.07) is 9.04. The van der Waals surface area contributed by atoms with Crippen LogP contribution in [0.5, 0.6) is 0 Å². The van der Waals surface area contributed by atoms with Crippen LogP contribution in [-0.2, 0) is 4.79 Å². The van der Waals surface area contributed by atoms with Gasteiger partial charge in [-0.3, -0.25) is 10.2 Å². The van der Waals surface area contributed by atoms with Crippen LogP contribution in [0.3, 0.4) is 0 Å². The third kappa shape index (κ3) is 4.74. The first-order chi connectivity index (χ1) is 11.5. The van der Waals surface area contributed by atoms with Gasteiger partial charge in [0.25, 0.3) is 5.91 Å². The van der Waals surface area contributed by atoms with Crippen LogP contribution < -0.4 is 16.4 Å². The first kappa shape index (κ1) is 17.8. The zero-order chi connectivity index (χ0) is 17.5. The fraction of sp³-hybridized carbons (Fsp3) is 0.353. The molecule has 0 radical (unpaired) electrons. The highest BCUT2D eigenvalue weighted by atomic mass is 35.5. The molecule has 0 saturated heterocycles. The van der Waals surface area contributed by atoms with Crippen molar-refractivity contribution in [1.29, 1.82) is 10.7 Å². The summed E-state index contributed by atoms with van der Waals surface area (Å²) >= 11 is 5.82. The second-order valence-electron chi connectivity index (χ2n) is 5.72. The first-order valence-corrected chi connectivity index (χ1v) is 8.16. The minimum atomic E-state index is -0.710. The lowest BCUT2D eigenvalue weighted by atomic mass is 9.85. The summed E-state index contributed by atoms with van der Waals surface area (Å²) in [5, 5.41) is 23.7. The molecule has 2 rings (SSSR count). The van der Waals surface area contributed by atoms with Gasteiger partial charge in [0, 0.05) is 23.0 Å². The van der Waals surface area contributed by atoms with E-state index in [1.165, 1.54) is 6.20 Å². The molecular weight excluding hydrogens is 326 g/mol. The Morgan fingerprint density at radius 2 is 2.00 bits per heavy atom. The van der Waals surface area contributed by atoms with Crippen molar-refractivity contribution in [3.8, 4) is 6.07 Å². The average Bonchev–Trinajstić information content (AvgIpc) is 2.57. The van der Waals surface area contributed by atoms with Crippen LogP contribution in [0.4, 0.5) is 5.69 Å². The van der Waals surface area contributed by atoms with Gasteiger partial charge in [-0.25, -0.2) is 0 Å². The fourth-order valence-corrected chi connectivity index (χ4v) is 2.81. The largest absolute Gasteiger partial charge is 0.386 e. The maximum atomic E-state index is 11.7. The van der Waals surface area contributed by atoms with Crippen LogP contribution in [0.2, 0.25) is 5.02 Å². The number of amides is 1. The smallest absolute Gasteiger partial charge is 0.253 e. The summed E-state index contributed by atoms with van der Waals surface area (Å²) in [4.78, 5) is 11.7. The number of carbonyl (C=O) groups excluding carboxylic acids is 1. The van der Waals surface area contributed by atoms with E-state index in [2.05, 4.69) is 16.7 Å². The maximum absolute atomic E-state index is 11.7. The number of nitrogens with two attached hydrogens (primary N) is 1. The molecule has 126 valence electrons. The molecule has 0 aromatic heterocycles. The molecule has 1 amide bonds. The molecule has 1 aromatic carbocycles. The van der Waals surface area contributed by atoms with Gasteiger partial charge in [-0.2, -0.15) is 5.26 Å². The molecule has 1 aliphatic rings. The Bertz CT molecular complexity index is 677. The number of primary amides is 1. The highest BCUT2D eigenvalue weighted by Crippen LogP contribution is 2.24. The van der Waals surface area contributed by atoms with Crippen molar-refractivity contribution in [2.45, 2.75) is 31.7 Å². The van der Waals surface area contributed by atoms with E-state index in [9.17, 15) is 10.1 Å². The highest BCUT2D eigenvalue weighted by molar-refractivity contribution is 6.30. The van der Waals surface area contributed by atoms with Gasteiger partial charge in [0.15, 0.2) is 0 Å². The molecule has 1 saturated carbocycles. The Kier molecular flexibility index (Phi) is 6.21. The van der Waals surface area contributed by atoms with Crippen LogP contribution in [0.1, 0.15) is 25.7 Å². The number of nitrogens with zero attached hydrogens (tertiary/aromatic N) is 1. The van der Waals surface area contributed by atoms with Crippen LogP contribution in [-0.4, -0.2) is 17.8 Å². The fourth-order valence-electron chi connectivity index (χ4n) is 2.69. The number of hydrogen-bond acceptors (Lipinski definition) is 4. The number of nitriles is 1. The zero-order valence-corrected chi connectivity index (χ0v) is 13.9. The lowest BCUT2D eigenvalue weighted by Crippen LogP contribution is -2.36. The SMILES string of the molecule is N#C[C@H]1CCCCC1N/C=C(\C(=N)Nc1ccc(Cl)cc1)C(N)=O. The molecule has 7 heteroatoms. The van der Waals surface area contributed by atoms with E-state index in [1.54, 1.807) is 24.3 Å². The van der Waals surface area contributed by atoms with Crippen molar-refractivity contribution in [3.05, 3.63) is 41.1 Å². The molecule has 0 heterocycles. The van der Waals surface area contributed by atoms with Crippen molar-refractivity contribution in [2.24, 2.45) is 11.7 Å². The van der Waals surface area contributed by atoms with E-state index >= 15 is 0 Å². The van der Waals surface area contributed by atoms with E-state index in [-0.39, 0.29) is 23.4 Å². The lowest BCUT2D eigenvalue weighted by molar-refractivity contribution is -0.114. The van der Waals surface area contributed by atoms with Crippen molar-refractivity contribution in [1.82, 2.24) is 5.32 Å². The van der Waals surface area contributed by atoms with Crippen LogP contribution in [0.25, 0.3) is 0 Å². The predicted molar refractivity (Wildman–Crippen MR) is 94.6 cm³/mol. The summed E-state index contributed by atoms with van der Waals surface area (Å²) in [7, 11) is 0. The molecule has 1 fully saturated rings. The summed E-state index contributed by atoms with van der Waals surface area (Å²) in [5.41, 5.74) is 6.05. The van der Waals surface area contributed by atoms with Gasteiger partial charge in [-0.05, 0) is 37.1 Å². The minimum Gasteiger partial charge on any atom is -0.386 e. The van der Waals surface area contributed by atoms with Gasteiger partial charge in [-0.1, -0.05) is 24.4 Å². The second kappa shape index (κ2) is 8.37. The Hall–Kier alpha value is -2.52. The number of benzene rings is 1. The van der Waals surface area contributed by atoms with Crippen LogP contribution in [0.15, 0.2) is 36.0 Å². The molecule has 5 N–H and O–H groups in total. The van der Waals surface area contributed by atoms with Crippen LogP contribution >= 0.6 is 11.6 Å². The number of nitrogens with one attached hydrogen (secondary N) is 3. The minimum absolute atomic E-state index is 0.0265. The molecule has 6 nitrogen and oxygen atoms in total. The van der Waals surface area contributed by atoms with E-state index in [0.717, 1.165) is 25.7 Å². The molecule has 0 spiro atoms. The zero-order valence-electron chi connectivity index (χ0n) is 13.2. The summed E-state index contributed by atoms with van der Waals surface area (Å²) in [6.45, 7) is 0. The normalized spacial score (nSPS) is 20.8. The summed E-state index contributed by atoms with van der Waals surface area (Å²) in [5.74, 6) is -0.914. The van der Waals surface area contributed by atoms with Crippen LogP contribution in [0, 0.1) is 22.7 Å². The van der Waals surface area contributed by atoms with Gasteiger partial charge in [0.1, 0.15) is 5.84 Å². The third-order valence-corrected chi connectivity index (χ3v) is 4.27. The average molecular weight is 346 g/mol. The van der Waals surface area contributed by atoms with E-state index in [1.807, 2.05) is 0 Å². The van der Waals surface area contributed by atoms with Gasteiger partial charge < -0.3 is 16.4 Å². The number of hydrogen-bond donors (Lipinski definition) is 4. The van der Waals surface area contributed by atoms with E-state index in [4.69, 9.17) is 22.7 Å². The summed E-state index contributed by atoms with van der Waals surface area (Å²) < 4.78 is 0. The first-order valence-electron chi connectivity index (χ1n) is 7.78. The molecule has 1 aliphatic carbocycles. The second-order valence-corrected chi connectivity index (χ2v) is 6.16. The number of carbonyl (C=O) groups is 1. The lowest BCUT2D eigenvalue weighted by Gasteiger charge is -2.27. The van der Waals surface area contributed by atoms with Crippen molar-refractivity contribution in [3.63, 3.8) is 0 Å². The molecule has 0 bridgehead atoms. The van der Waals surface area contributed by atoms with Crippen molar-refractivity contribution >= 4 is 29.0 Å². The van der Waals surface area contributed by atoms with E-state index in [0.29, 0.717) is 10.7 Å². The quantitative estimate of drug-likeness (QED) is 0.373. The Labute approximate surface area is 146 Å². The third-order valence-electron chi connectivity index (χ3n) is 4.02. The number of anilines is 1. The molecule has 24 heavy (non-hydrogen) atoms. The molecular formula is C17H20ClN5O. The summed E-state index contributed by atoms with van der Waals surface area (Å²) in [6.07, 6.45) is 5.22. The number of rotatable bonds is 5. The number of amidine groups is 1. The molecule has 1 unspecified atom stereocenters. The standard InChI is InChI=1S/C17H20ClN5O/c18-12-5-7-13(8-6-12)23-16(20)14(17(21)24)10-22-15-4-2-1-3-11(15)9-19/h5-8,10-11,15,22H,1-4H2,(H2,20,23)(H2,21,24)/b14-10+/t11-,15?/m1/s1. The van der Waals surface area contributed by atoms with Gasteiger partial charge in [0.05, 0.1) is 17.6 Å². The molecule has 2 atom stereocenters. The Balaban J connectivity index is 2.07. The van der Waals surface area contributed by atoms with E-state index < -0.39 is 5.91 Å². The highest BCUT2D eigenvalue weighted by Gasteiger charge is 2.24. The topological polar surface area (TPSA) is 115 Å². The maximum Gasteiger partial charge on any atom is 0.253 e. The molecule has 0 aliphatic heterocycles. The molecule has 1 aromatic rings. The van der Waals surface area contributed by atoms with Crippen molar-refractivity contribution in [2.75, 3.05) is 5.32 Å². The van der Waals surface area contributed by atoms with Gasteiger partial charge in [-0.15, -0.1) is 0 Å². The van der Waals surface area contributed by atoms with Gasteiger partial charge >= 0.3 is 0 Å². The Morgan fingerprint density at radius 1 is 1.33 bits per heavy atom. The monoisotopic (exact) mass is 345 g/mol. The van der Waals surface area contributed by atoms with Gasteiger partial charge in [0.2, 0.25) is 0 Å².